The summed E-state index contributed by atoms with van der Waals surface area (Å²) < 4.78 is 33.8. The highest BCUT2D eigenvalue weighted by Gasteiger charge is 2.75. The van der Waals surface area contributed by atoms with Crippen molar-refractivity contribution in [2.45, 2.75) is 57.8 Å². The molecule has 2 heterocycles. The summed E-state index contributed by atoms with van der Waals surface area (Å²) in [5.41, 5.74) is -0.480. The Morgan fingerprint density at radius 1 is 1.32 bits per heavy atom. The first-order chi connectivity index (χ1) is 17.9. The van der Waals surface area contributed by atoms with Gasteiger partial charge in [-0.1, -0.05) is 25.5 Å². The lowest BCUT2D eigenvalue weighted by molar-refractivity contribution is -0.254. The van der Waals surface area contributed by atoms with Crippen LogP contribution in [-0.4, -0.2) is 61.3 Å². The average Bonchev–Trinajstić information content (AvgIpc) is 3.53. The zero-order chi connectivity index (χ0) is 27.1. The fourth-order valence-electron chi connectivity index (χ4n) is 8.89. The normalized spacial score (nSPS) is 42.3. The summed E-state index contributed by atoms with van der Waals surface area (Å²) in [6.07, 6.45) is 11.4. The fraction of sp³-hybridized carbons (Fsp3) is 0.643. The molecule has 1 aromatic rings. The number of fused-ring (bicyclic) bond motifs is 7. The van der Waals surface area contributed by atoms with Crippen LogP contribution in [0, 0.1) is 34.5 Å². The van der Waals surface area contributed by atoms with Gasteiger partial charge in [-0.2, -0.15) is 13.5 Å². The largest absolute Gasteiger partial charge is 0.472 e. The van der Waals surface area contributed by atoms with Gasteiger partial charge in [0, 0.05) is 34.8 Å². The molecule has 10 heteroatoms. The van der Waals surface area contributed by atoms with Crippen LogP contribution in [0.4, 0.5) is 0 Å². The molecular weight excluding hydrogens is 510 g/mol. The van der Waals surface area contributed by atoms with Crippen LogP contribution in [-0.2, 0) is 35.3 Å². The van der Waals surface area contributed by atoms with Gasteiger partial charge in [0.05, 0.1) is 31.4 Å². The van der Waals surface area contributed by atoms with E-state index in [2.05, 4.69) is 6.92 Å². The number of nitrogens with zero attached hydrogens (tertiary/aromatic N) is 1. The van der Waals surface area contributed by atoms with Gasteiger partial charge in [0.15, 0.2) is 17.2 Å². The number of rotatable bonds is 6. The van der Waals surface area contributed by atoms with Gasteiger partial charge in [-0.3, -0.25) is 18.6 Å². The highest BCUT2D eigenvalue weighted by atomic mass is 32.2. The van der Waals surface area contributed by atoms with Crippen molar-refractivity contribution < 1.29 is 36.6 Å². The van der Waals surface area contributed by atoms with Crippen molar-refractivity contribution in [1.29, 1.82) is 0 Å². The zero-order valence-electron chi connectivity index (χ0n) is 22.0. The third kappa shape index (κ3) is 3.75. The summed E-state index contributed by atoms with van der Waals surface area (Å²) in [5, 5.41) is 13.5. The minimum absolute atomic E-state index is 0.0111. The molecule has 0 spiro atoms. The maximum atomic E-state index is 14.0. The Morgan fingerprint density at radius 2 is 2.11 bits per heavy atom. The van der Waals surface area contributed by atoms with Crippen LogP contribution in [0.3, 0.4) is 0 Å². The quantitative estimate of drug-likeness (QED) is 0.538. The molecule has 1 saturated heterocycles. The number of hydroxylamine groups is 2. The lowest BCUT2D eigenvalue weighted by Crippen LogP contribution is -2.63. The van der Waals surface area contributed by atoms with E-state index in [0.717, 1.165) is 36.7 Å². The Kier molecular flexibility index (Phi) is 5.98. The van der Waals surface area contributed by atoms with E-state index in [1.165, 1.54) is 0 Å². The number of ketones is 2. The molecule has 0 aromatic carbocycles. The number of Topliss-reactive ketones (excluding diaryl/α,β-unsaturated/α-hetero) is 1. The summed E-state index contributed by atoms with van der Waals surface area (Å²) >= 11 is 0. The Hall–Kier alpha value is -2.11. The minimum Gasteiger partial charge on any atom is -0.472 e. The zero-order valence-corrected chi connectivity index (χ0v) is 22.8. The minimum atomic E-state index is -3.83. The van der Waals surface area contributed by atoms with E-state index in [1.54, 1.807) is 29.7 Å². The average molecular weight is 546 g/mol. The lowest BCUT2D eigenvalue weighted by atomic mass is 9.46. The van der Waals surface area contributed by atoms with E-state index >= 15 is 0 Å². The van der Waals surface area contributed by atoms with Gasteiger partial charge in [-0.25, -0.2) is 0 Å². The number of hydrogen-bond donors (Lipinski definition) is 1. The van der Waals surface area contributed by atoms with Gasteiger partial charge in [0.25, 0.3) is 10.1 Å². The lowest BCUT2D eigenvalue weighted by Gasteiger charge is -2.60. The van der Waals surface area contributed by atoms with E-state index in [4.69, 9.17) is 13.4 Å². The summed E-state index contributed by atoms with van der Waals surface area (Å²) in [5.74, 6) is -0.458. The third-order valence-electron chi connectivity index (χ3n) is 10.3. The standard InChI is InChI=1S/C28H35NO8S/c1-26-8-6-20(30)10-18(26)4-5-21-22-11-19-14-29(13-17-7-9-35-15-17)37-28(19,24(32)16-36-38(3,33)34)27(22,2)12-23(31)25(21)26/h6-10,15,19,21-23,25,31H,4-5,11-14,16H2,1-3H3/t19-,21-,22?,23-,25?,26-,27-,28-/m0/s1. The van der Waals surface area contributed by atoms with Gasteiger partial charge in [-0.15, -0.1) is 0 Å². The van der Waals surface area contributed by atoms with Gasteiger partial charge in [0.1, 0.15) is 6.61 Å². The number of hydrogen-bond acceptors (Lipinski definition) is 9. The molecule has 1 aromatic heterocycles. The summed E-state index contributed by atoms with van der Waals surface area (Å²) in [6.45, 7) is 4.48. The maximum absolute atomic E-state index is 14.0. The van der Waals surface area contributed by atoms with Crippen molar-refractivity contribution in [3.8, 4) is 0 Å². The highest BCUT2D eigenvalue weighted by molar-refractivity contribution is 7.86. The Bertz CT molecular complexity index is 1320. The maximum Gasteiger partial charge on any atom is 0.264 e. The van der Waals surface area contributed by atoms with Crippen LogP contribution in [0.5, 0.6) is 0 Å². The fourth-order valence-corrected chi connectivity index (χ4v) is 9.21. The van der Waals surface area contributed by atoms with E-state index in [-0.39, 0.29) is 29.5 Å². The molecule has 6 rings (SSSR count). The van der Waals surface area contributed by atoms with Crippen molar-refractivity contribution in [1.82, 2.24) is 5.06 Å². The summed E-state index contributed by atoms with van der Waals surface area (Å²) in [4.78, 5) is 32.7. The number of furan rings is 1. The predicted molar refractivity (Wildman–Crippen MR) is 136 cm³/mol. The SMILES string of the molecule is C[C@]12C=CC(=O)C=C1CC[C@@H]1C2[C@@H](O)C[C@@]2(C)C1C[C@H]1CN(Cc3ccoc3)O[C@]12C(=O)COS(C)(=O)=O. The van der Waals surface area contributed by atoms with Crippen LogP contribution >= 0.6 is 0 Å². The van der Waals surface area contributed by atoms with Gasteiger partial charge >= 0.3 is 0 Å². The van der Waals surface area contributed by atoms with Gasteiger partial charge in [0.2, 0.25) is 0 Å². The Morgan fingerprint density at radius 3 is 2.82 bits per heavy atom. The first-order valence-corrected chi connectivity index (χ1v) is 15.1. The Balaban J connectivity index is 1.37. The molecule has 5 aliphatic rings. The van der Waals surface area contributed by atoms with Crippen molar-refractivity contribution in [2.24, 2.45) is 34.5 Å². The summed E-state index contributed by atoms with van der Waals surface area (Å²) in [7, 11) is -3.83. The number of carbonyl (C=O) groups is 2. The molecule has 0 bridgehead atoms. The number of carbonyl (C=O) groups excluding carboxylic acids is 2. The molecule has 2 unspecified atom stereocenters. The Labute approximate surface area is 222 Å². The predicted octanol–water partition coefficient (Wildman–Crippen LogP) is 2.82. The second-order valence-corrected chi connectivity index (χ2v) is 14.0. The molecule has 0 radical (unpaired) electrons. The molecule has 206 valence electrons. The van der Waals surface area contributed by atoms with Crippen LogP contribution in [0.15, 0.2) is 46.8 Å². The smallest absolute Gasteiger partial charge is 0.264 e. The van der Waals surface area contributed by atoms with Crippen molar-refractivity contribution in [3.05, 3.63) is 48.0 Å². The number of aliphatic hydroxyl groups excluding tert-OH is 1. The van der Waals surface area contributed by atoms with Crippen molar-refractivity contribution in [2.75, 3.05) is 19.4 Å². The second kappa shape index (κ2) is 8.69. The van der Waals surface area contributed by atoms with Crippen LogP contribution in [0.2, 0.25) is 0 Å². The first-order valence-electron chi connectivity index (χ1n) is 13.3. The van der Waals surface area contributed by atoms with Crippen molar-refractivity contribution in [3.63, 3.8) is 0 Å². The highest BCUT2D eigenvalue weighted by Crippen LogP contribution is 2.70. The number of aliphatic hydroxyl groups is 1. The molecule has 3 saturated carbocycles. The van der Waals surface area contributed by atoms with Crippen molar-refractivity contribution >= 4 is 21.7 Å². The molecule has 9 nitrogen and oxygen atoms in total. The van der Waals surface area contributed by atoms with E-state index in [9.17, 15) is 23.1 Å². The van der Waals surface area contributed by atoms with E-state index in [1.807, 2.05) is 19.1 Å². The van der Waals surface area contributed by atoms with Gasteiger partial charge < -0.3 is 9.52 Å². The molecule has 4 aliphatic carbocycles. The number of allylic oxidation sites excluding steroid dienone is 4. The second-order valence-electron chi connectivity index (χ2n) is 12.3. The molecule has 38 heavy (non-hydrogen) atoms. The summed E-state index contributed by atoms with van der Waals surface area (Å²) in [6, 6.07) is 1.84. The molecule has 1 N–H and O–H groups in total. The molecule has 4 fully saturated rings. The third-order valence-corrected chi connectivity index (χ3v) is 10.8. The molecule has 8 atom stereocenters. The first kappa shape index (κ1) is 26.1. The molecule has 0 amide bonds. The topological polar surface area (TPSA) is 123 Å². The monoisotopic (exact) mass is 545 g/mol. The van der Waals surface area contributed by atoms with E-state index < -0.39 is 45.0 Å². The molecular formula is C28H35NO8S. The van der Waals surface area contributed by atoms with Crippen LogP contribution in [0.1, 0.15) is 45.1 Å². The van der Waals surface area contributed by atoms with Crippen LogP contribution in [0.25, 0.3) is 0 Å². The van der Waals surface area contributed by atoms with Crippen LogP contribution < -0.4 is 0 Å². The van der Waals surface area contributed by atoms with Gasteiger partial charge in [-0.05, 0) is 55.7 Å². The molecule has 1 aliphatic heterocycles. The van der Waals surface area contributed by atoms with E-state index in [0.29, 0.717) is 19.5 Å².